The summed E-state index contributed by atoms with van der Waals surface area (Å²) in [5, 5.41) is 3.61. The van der Waals surface area contributed by atoms with Gasteiger partial charge in [-0.15, -0.1) is 0 Å². The van der Waals surface area contributed by atoms with Crippen LogP contribution in [0.25, 0.3) is 35.4 Å². The molecule has 0 saturated carbocycles. The van der Waals surface area contributed by atoms with E-state index in [0.29, 0.717) is 0 Å². The van der Waals surface area contributed by atoms with Crippen molar-refractivity contribution in [2.45, 2.75) is 19.3 Å². The van der Waals surface area contributed by atoms with Gasteiger partial charge in [-0.05, 0) is 68.8 Å². The van der Waals surface area contributed by atoms with E-state index in [4.69, 9.17) is 0 Å². The van der Waals surface area contributed by atoms with E-state index in [1.54, 1.807) is 0 Å². The van der Waals surface area contributed by atoms with Crippen molar-refractivity contribution in [1.82, 2.24) is 0 Å². The molecule has 0 amide bonds. The van der Waals surface area contributed by atoms with Gasteiger partial charge in [-0.1, -0.05) is 135 Å². The number of nitrogens with one attached hydrogen (secondary N) is 1. The van der Waals surface area contributed by atoms with Crippen molar-refractivity contribution < 1.29 is 0 Å². The van der Waals surface area contributed by atoms with Gasteiger partial charge in [0.25, 0.3) is 0 Å². The highest BCUT2D eigenvalue weighted by Gasteiger charge is 2.35. The van der Waals surface area contributed by atoms with Crippen LogP contribution in [-0.4, -0.2) is 0 Å². The molecule has 1 aliphatic carbocycles. The quantitative estimate of drug-likeness (QED) is 0.234. The monoisotopic (exact) mass is 489 g/mol. The molecule has 0 spiro atoms. The SMILES string of the molecule is CC1(C)c2cc(/C=C/c3ccccc3)ccc2-c2ccc(Nc3ccc(/C=C/c4ccccc4)cc3)cc21. The largest absolute Gasteiger partial charge is 0.356 e. The first-order valence-electron chi connectivity index (χ1n) is 13.2. The normalized spacial score (nSPS) is 13.5. The van der Waals surface area contributed by atoms with Crippen molar-refractivity contribution in [2.75, 3.05) is 5.32 Å². The summed E-state index contributed by atoms with van der Waals surface area (Å²) in [6.07, 6.45) is 8.69. The van der Waals surface area contributed by atoms with Crippen LogP contribution in [0.5, 0.6) is 0 Å². The van der Waals surface area contributed by atoms with E-state index in [9.17, 15) is 0 Å². The Kier molecular flexibility index (Phi) is 6.27. The smallest absolute Gasteiger partial charge is 0.0387 e. The number of anilines is 2. The molecule has 5 aromatic carbocycles. The lowest BCUT2D eigenvalue weighted by Crippen LogP contribution is -2.15. The molecule has 0 radical (unpaired) electrons. The highest BCUT2D eigenvalue weighted by molar-refractivity contribution is 5.85. The van der Waals surface area contributed by atoms with E-state index in [1.165, 1.54) is 44.5 Å². The Morgan fingerprint density at radius 3 is 1.50 bits per heavy atom. The Labute approximate surface area is 225 Å². The molecule has 1 aliphatic rings. The second-order valence-corrected chi connectivity index (χ2v) is 10.4. The first-order chi connectivity index (χ1) is 18.6. The number of benzene rings is 5. The van der Waals surface area contributed by atoms with E-state index in [0.717, 1.165) is 11.4 Å². The minimum atomic E-state index is -0.0644. The lowest BCUT2D eigenvalue weighted by Gasteiger charge is -2.22. The van der Waals surface area contributed by atoms with E-state index >= 15 is 0 Å². The predicted molar refractivity (Wildman–Crippen MR) is 164 cm³/mol. The molecule has 1 nitrogen and oxygen atoms in total. The van der Waals surface area contributed by atoms with Crippen molar-refractivity contribution in [1.29, 1.82) is 0 Å². The zero-order valence-corrected chi connectivity index (χ0v) is 21.9. The number of fused-ring (bicyclic) bond motifs is 3. The molecular weight excluding hydrogens is 458 g/mol. The molecule has 1 N–H and O–H groups in total. The number of hydrogen-bond acceptors (Lipinski definition) is 1. The fourth-order valence-electron chi connectivity index (χ4n) is 5.29. The standard InChI is InChI=1S/C37H31N/c1-37(2)35-25-30(16-15-28-11-7-4-8-12-28)19-23-33(35)34-24-22-32(26-36(34)37)38-31-20-17-29(18-21-31)14-13-27-9-5-3-6-10-27/h3-26,38H,1-2H3/b14-13+,16-15+. The van der Waals surface area contributed by atoms with Gasteiger partial charge in [0.1, 0.15) is 0 Å². The van der Waals surface area contributed by atoms with E-state index in [-0.39, 0.29) is 5.41 Å². The molecule has 0 unspecified atom stereocenters. The Balaban J connectivity index is 1.21. The van der Waals surface area contributed by atoms with Crippen LogP contribution in [-0.2, 0) is 5.41 Å². The maximum absolute atomic E-state index is 3.61. The summed E-state index contributed by atoms with van der Waals surface area (Å²) in [6, 6.07) is 43.1. The molecule has 184 valence electrons. The second kappa shape index (κ2) is 10.0. The van der Waals surface area contributed by atoms with Crippen molar-refractivity contribution in [3.63, 3.8) is 0 Å². The van der Waals surface area contributed by atoms with E-state index in [2.05, 4.69) is 159 Å². The highest BCUT2D eigenvalue weighted by Crippen LogP contribution is 2.49. The Hall–Kier alpha value is -4.62. The van der Waals surface area contributed by atoms with Gasteiger partial charge in [-0.25, -0.2) is 0 Å². The molecular formula is C37H31N. The molecule has 0 saturated heterocycles. The Bertz CT molecular complexity index is 1620. The van der Waals surface area contributed by atoms with Crippen LogP contribution >= 0.6 is 0 Å². The van der Waals surface area contributed by atoms with Crippen molar-refractivity contribution in [2.24, 2.45) is 0 Å². The maximum Gasteiger partial charge on any atom is 0.0387 e. The molecule has 0 heterocycles. The minimum Gasteiger partial charge on any atom is -0.356 e. The van der Waals surface area contributed by atoms with Crippen molar-refractivity contribution in [3.8, 4) is 11.1 Å². The summed E-state index contributed by atoms with van der Waals surface area (Å²) in [7, 11) is 0. The van der Waals surface area contributed by atoms with Crippen molar-refractivity contribution in [3.05, 3.63) is 155 Å². The van der Waals surface area contributed by atoms with Gasteiger partial charge in [0.15, 0.2) is 0 Å². The van der Waals surface area contributed by atoms with Crippen LogP contribution in [0.3, 0.4) is 0 Å². The molecule has 0 fully saturated rings. The molecule has 6 rings (SSSR count). The summed E-state index contributed by atoms with van der Waals surface area (Å²) in [5.41, 5.74) is 12.4. The third-order valence-electron chi connectivity index (χ3n) is 7.44. The van der Waals surface area contributed by atoms with E-state index in [1.807, 2.05) is 6.07 Å². The number of rotatable bonds is 6. The van der Waals surface area contributed by atoms with Crippen LogP contribution in [0.1, 0.15) is 47.2 Å². The van der Waals surface area contributed by atoms with Crippen LogP contribution in [0.4, 0.5) is 11.4 Å². The topological polar surface area (TPSA) is 12.0 Å². The molecule has 38 heavy (non-hydrogen) atoms. The molecule has 0 atom stereocenters. The molecule has 0 aromatic heterocycles. The maximum atomic E-state index is 3.61. The van der Waals surface area contributed by atoms with Gasteiger partial charge in [0.2, 0.25) is 0 Å². The number of hydrogen-bond donors (Lipinski definition) is 1. The predicted octanol–water partition coefficient (Wildman–Crippen LogP) is 10.1. The average molecular weight is 490 g/mol. The molecule has 0 bridgehead atoms. The zero-order chi connectivity index (χ0) is 26.0. The molecule has 5 aromatic rings. The average Bonchev–Trinajstić information content (AvgIpc) is 3.18. The summed E-state index contributed by atoms with van der Waals surface area (Å²) >= 11 is 0. The van der Waals surface area contributed by atoms with Gasteiger partial charge >= 0.3 is 0 Å². The Morgan fingerprint density at radius 1 is 0.447 bits per heavy atom. The van der Waals surface area contributed by atoms with E-state index < -0.39 is 0 Å². The molecule has 1 heteroatoms. The summed E-state index contributed by atoms with van der Waals surface area (Å²) in [5.74, 6) is 0. The summed E-state index contributed by atoms with van der Waals surface area (Å²) < 4.78 is 0. The fourth-order valence-corrected chi connectivity index (χ4v) is 5.29. The first-order valence-corrected chi connectivity index (χ1v) is 13.2. The fraction of sp³-hybridized carbons (Fsp3) is 0.0811. The lowest BCUT2D eigenvalue weighted by molar-refractivity contribution is 0.660. The van der Waals surface area contributed by atoms with Gasteiger partial charge in [-0.3, -0.25) is 0 Å². The van der Waals surface area contributed by atoms with Gasteiger partial charge in [0.05, 0.1) is 0 Å². The third kappa shape index (κ3) is 4.84. The summed E-state index contributed by atoms with van der Waals surface area (Å²) in [6.45, 7) is 4.67. The van der Waals surface area contributed by atoms with Crippen LogP contribution in [0.15, 0.2) is 121 Å². The molecule has 0 aliphatic heterocycles. The van der Waals surface area contributed by atoms with Crippen LogP contribution in [0.2, 0.25) is 0 Å². The Morgan fingerprint density at radius 2 is 0.895 bits per heavy atom. The van der Waals surface area contributed by atoms with Gasteiger partial charge in [0, 0.05) is 16.8 Å². The van der Waals surface area contributed by atoms with Gasteiger partial charge < -0.3 is 5.32 Å². The second-order valence-electron chi connectivity index (χ2n) is 10.4. The van der Waals surface area contributed by atoms with Crippen LogP contribution in [0, 0.1) is 0 Å². The highest BCUT2D eigenvalue weighted by atomic mass is 14.9. The first kappa shape index (κ1) is 23.8. The van der Waals surface area contributed by atoms with Crippen LogP contribution < -0.4 is 5.32 Å². The van der Waals surface area contributed by atoms with Crippen molar-refractivity contribution >= 4 is 35.7 Å². The van der Waals surface area contributed by atoms with Gasteiger partial charge in [-0.2, -0.15) is 0 Å². The third-order valence-corrected chi connectivity index (χ3v) is 7.44. The summed E-state index contributed by atoms with van der Waals surface area (Å²) in [4.78, 5) is 0. The zero-order valence-electron chi connectivity index (χ0n) is 21.9. The minimum absolute atomic E-state index is 0.0644. The lowest BCUT2D eigenvalue weighted by atomic mass is 9.82.